The lowest BCUT2D eigenvalue weighted by molar-refractivity contribution is 0.235. The molecular weight excluding hydrogens is 377 g/mol. The van der Waals surface area contributed by atoms with Crippen LogP contribution in [-0.2, 0) is 19.6 Å². The van der Waals surface area contributed by atoms with Crippen LogP contribution in [0.2, 0.25) is 5.02 Å². The molecule has 0 spiro atoms. The van der Waals surface area contributed by atoms with Gasteiger partial charge >= 0.3 is 0 Å². The maximum Gasteiger partial charge on any atom is 0.255 e. The highest BCUT2D eigenvalue weighted by molar-refractivity contribution is 6.31. The molecule has 0 radical (unpaired) electrons. The molecular formula is C22H25ClFN3O. The van der Waals surface area contributed by atoms with E-state index in [1.165, 1.54) is 12.5 Å². The minimum atomic E-state index is -0.277. The first-order valence-corrected chi connectivity index (χ1v) is 10.6. The van der Waals surface area contributed by atoms with Crippen molar-refractivity contribution in [2.45, 2.75) is 50.9 Å². The number of rotatable bonds is 5. The number of halogens is 2. The smallest absolute Gasteiger partial charge is 0.255 e. The SMILES string of the molecule is O=c1c(CN(Cc2c(F)cccc2Cl)C2CC2)ccc2n1C[C@@H]1CNC[C@H]2C1. The van der Waals surface area contributed by atoms with E-state index in [2.05, 4.69) is 16.3 Å². The van der Waals surface area contributed by atoms with Gasteiger partial charge in [0.05, 0.1) is 0 Å². The van der Waals surface area contributed by atoms with E-state index in [1.54, 1.807) is 12.1 Å². The number of aromatic nitrogens is 1. The molecule has 2 bridgehead atoms. The number of hydrogen-bond donors (Lipinski definition) is 1. The van der Waals surface area contributed by atoms with Gasteiger partial charge in [-0.3, -0.25) is 9.69 Å². The molecule has 1 saturated heterocycles. The molecule has 0 amide bonds. The predicted molar refractivity (Wildman–Crippen MR) is 108 cm³/mol. The average molecular weight is 402 g/mol. The molecule has 2 fully saturated rings. The van der Waals surface area contributed by atoms with Crippen molar-refractivity contribution in [2.24, 2.45) is 5.92 Å². The summed E-state index contributed by atoms with van der Waals surface area (Å²) in [5.41, 5.74) is 2.61. The van der Waals surface area contributed by atoms with Crippen molar-refractivity contribution in [2.75, 3.05) is 13.1 Å². The molecule has 3 aliphatic rings. The number of pyridine rings is 1. The summed E-state index contributed by atoms with van der Waals surface area (Å²) >= 11 is 6.24. The van der Waals surface area contributed by atoms with Crippen LogP contribution in [0.15, 0.2) is 35.1 Å². The van der Waals surface area contributed by atoms with Gasteiger partial charge in [-0.1, -0.05) is 23.7 Å². The zero-order valence-corrected chi connectivity index (χ0v) is 16.6. The first-order valence-electron chi connectivity index (χ1n) is 10.2. The normalized spacial score (nSPS) is 23.7. The Hall–Kier alpha value is -1.69. The molecule has 1 saturated carbocycles. The maximum absolute atomic E-state index is 14.3. The van der Waals surface area contributed by atoms with Gasteiger partial charge in [0.1, 0.15) is 5.82 Å². The Labute approximate surface area is 169 Å². The minimum Gasteiger partial charge on any atom is -0.316 e. The van der Waals surface area contributed by atoms with Gasteiger partial charge in [0, 0.05) is 60.0 Å². The first kappa shape index (κ1) is 18.3. The summed E-state index contributed by atoms with van der Waals surface area (Å²) in [4.78, 5) is 15.4. The Morgan fingerprint density at radius 2 is 2.04 bits per heavy atom. The predicted octanol–water partition coefficient (Wildman–Crippen LogP) is 3.51. The third-order valence-corrected chi connectivity index (χ3v) is 6.80. The zero-order valence-electron chi connectivity index (χ0n) is 15.8. The van der Waals surface area contributed by atoms with Gasteiger partial charge in [-0.25, -0.2) is 4.39 Å². The Kier molecular flexibility index (Phi) is 4.77. The van der Waals surface area contributed by atoms with Gasteiger partial charge in [0.2, 0.25) is 0 Å². The molecule has 1 aromatic carbocycles. The second-order valence-corrected chi connectivity index (χ2v) is 8.90. The van der Waals surface area contributed by atoms with E-state index >= 15 is 0 Å². The fraction of sp³-hybridized carbons (Fsp3) is 0.500. The van der Waals surface area contributed by atoms with Crippen LogP contribution in [0.3, 0.4) is 0 Å². The number of benzene rings is 1. The van der Waals surface area contributed by atoms with Crippen molar-refractivity contribution in [3.63, 3.8) is 0 Å². The quantitative estimate of drug-likeness (QED) is 0.833. The standard InChI is InChI=1S/C22H25ClFN3O/c23-19-2-1-3-20(24)18(19)13-26(17-5-6-17)12-15-4-7-21-16-8-14(9-25-10-16)11-27(21)22(15)28/h1-4,7,14,16-17,25H,5-6,8-13H2/t14-,16+/m0/s1. The number of fused-ring (bicyclic) bond motifs is 4. The first-order chi connectivity index (χ1) is 13.6. The number of piperidine rings is 1. The number of hydrogen-bond acceptors (Lipinski definition) is 3. The van der Waals surface area contributed by atoms with Crippen molar-refractivity contribution in [3.8, 4) is 0 Å². The van der Waals surface area contributed by atoms with E-state index in [-0.39, 0.29) is 11.4 Å². The fourth-order valence-corrected chi connectivity index (χ4v) is 5.04. The van der Waals surface area contributed by atoms with E-state index in [1.807, 2.05) is 10.6 Å². The molecule has 4 nitrogen and oxygen atoms in total. The second kappa shape index (κ2) is 7.29. The highest BCUT2D eigenvalue weighted by Crippen LogP contribution is 2.34. The summed E-state index contributed by atoms with van der Waals surface area (Å²) in [7, 11) is 0. The Bertz CT molecular complexity index is 935. The lowest BCUT2D eigenvalue weighted by Crippen LogP contribution is -2.45. The number of nitrogens with zero attached hydrogens (tertiary/aromatic N) is 2. The topological polar surface area (TPSA) is 37.3 Å². The molecule has 1 aromatic heterocycles. The van der Waals surface area contributed by atoms with E-state index in [4.69, 9.17) is 11.6 Å². The van der Waals surface area contributed by atoms with Crippen LogP contribution in [0.5, 0.6) is 0 Å². The Morgan fingerprint density at radius 1 is 1.18 bits per heavy atom. The number of nitrogens with one attached hydrogen (secondary N) is 1. The third-order valence-electron chi connectivity index (χ3n) is 6.45. The van der Waals surface area contributed by atoms with Crippen molar-refractivity contribution in [1.29, 1.82) is 0 Å². The highest BCUT2D eigenvalue weighted by Gasteiger charge is 2.33. The highest BCUT2D eigenvalue weighted by atomic mass is 35.5. The molecule has 2 aliphatic heterocycles. The molecule has 1 N–H and O–H groups in total. The van der Waals surface area contributed by atoms with Crippen molar-refractivity contribution < 1.29 is 4.39 Å². The summed E-state index contributed by atoms with van der Waals surface area (Å²) in [6.07, 6.45) is 3.36. The molecule has 6 heteroatoms. The molecule has 148 valence electrons. The van der Waals surface area contributed by atoms with Crippen LogP contribution in [0.4, 0.5) is 4.39 Å². The lowest BCUT2D eigenvalue weighted by atomic mass is 9.84. The summed E-state index contributed by atoms with van der Waals surface area (Å²) in [6, 6.07) is 9.33. The van der Waals surface area contributed by atoms with Gasteiger partial charge in [0.15, 0.2) is 0 Å². The average Bonchev–Trinajstić information content (AvgIpc) is 3.52. The van der Waals surface area contributed by atoms with Crippen LogP contribution in [-0.4, -0.2) is 28.6 Å². The van der Waals surface area contributed by atoms with E-state index in [9.17, 15) is 9.18 Å². The molecule has 2 aromatic rings. The minimum absolute atomic E-state index is 0.124. The molecule has 3 heterocycles. The molecule has 28 heavy (non-hydrogen) atoms. The van der Waals surface area contributed by atoms with E-state index < -0.39 is 0 Å². The van der Waals surface area contributed by atoms with Crippen LogP contribution in [0.1, 0.15) is 42.0 Å². The summed E-state index contributed by atoms with van der Waals surface area (Å²) in [6.45, 7) is 3.73. The third kappa shape index (κ3) is 3.40. The Morgan fingerprint density at radius 3 is 2.82 bits per heavy atom. The van der Waals surface area contributed by atoms with Gasteiger partial charge in [-0.2, -0.15) is 0 Å². The molecule has 0 unspecified atom stereocenters. The van der Waals surface area contributed by atoms with Crippen LogP contribution >= 0.6 is 11.6 Å². The van der Waals surface area contributed by atoms with Gasteiger partial charge in [-0.15, -0.1) is 0 Å². The monoisotopic (exact) mass is 401 g/mol. The van der Waals surface area contributed by atoms with Crippen LogP contribution in [0, 0.1) is 11.7 Å². The van der Waals surface area contributed by atoms with Crippen LogP contribution in [0.25, 0.3) is 0 Å². The van der Waals surface area contributed by atoms with Gasteiger partial charge < -0.3 is 9.88 Å². The Balaban J connectivity index is 1.43. The summed E-state index contributed by atoms with van der Waals surface area (Å²) in [5.74, 6) is 0.697. The second-order valence-electron chi connectivity index (χ2n) is 8.49. The fourth-order valence-electron chi connectivity index (χ4n) is 4.82. The van der Waals surface area contributed by atoms with Crippen molar-refractivity contribution in [3.05, 3.63) is 68.3 Å². The lowest BCUT2D eigenvalue weighted by Gasteiger charge is -2.37. The zero-order chi connectivity index (χ0) is 19.3. The van der Waals surface area contributed by atoms with E-state index in [0.29, 0.717) is 41.6 Å². The van der Waals surface area contributed by atoms with Gasteiger partial charge in [-0.05, 0) is 49.9 Å². The molecule has 1 aliphatic carbocycles. The maximum atomic E-state index is 14.3. The largest absolute Gasteiger partial charge is 0.316 e. The molecule has 2 atom stereocenters. The van der Waals surface area contributed by atoms with Crippen LogP contribution < -0.4 is 10.9 Å². The summed E-state index contributed by atoms with van der Waals surface area (Å²) < 4.78 is 16.3. The molecule has 5 rings (SSSR count). The van der Waals surface area contributed by atoms with E-state index in [0.717, 1.165) is 43.7 Å². The van der Waals surface area contributed by atoms with Crippen molar-refractivity contribution in [1.82, 2.24) is 14.8 Å². The van der Waals surface area contributed by atoms with Gasteiger partial charge in [0.25, 0.3) is 5.56 Å². The van der Waals surface area contributed by atoms with Crippen molar-refractivity contribution >= 4 is 11.6 Å². The summed E-state index contributed by atoms with van der Waals surface area (Å²) in [5, 5.41) is 3.94.